The van der Waals surface area contributed by atoms with Crippen molar-refractivity contribution in [2.45, 2.75) is 20.1 Å². The van der Waals surface area contributed by atoms with E-state index in [1.807, 2.05) is 55.5 Å². The molecule has 0 bridgehead atoms. The van der Waals surface area contributed by atoms with Gasteiger partial charge in [-0.25, -0.2) is 0 Å². The Hall–Kier alpha value is -3.47. The van der Waals surface area contributed by atoms with Crippen LogP contribution in [-0.2, 0) is 13.2 Å². The van der Waals surface area contributed by atoms with Crippen LogP contribution >= 0.6 is 0 Å². The minimum Gasteiger partial charge on any atom is -0.486 e. The van der Waals surface area contributed by atoms with Crippen molar-refractivity contribution in [3.63, 3.8) is 0 Å². The van der Waals surface area contributed by atoms with E-state index in [0.29, 0.717) is 18.1 Å². The van der Waals surface area contributed by atoms with Crippen molar-refractivity contribution in [1.82, 2.24) is 5.32 Å². The Kier molecular flexibility index (Phi) is 4.66. The van der Waals surface area contributed by atoms with Crippen LogP contribution < -0.4 is 10.1 Å². The van der Waals surface area contributed by atoms with Crippen molar-refractivity contribution in [2.75, 3.05) is 0 Å². The number of fused-ring (bicyclic) bond motifs is 1. The first-order valence-corrected chi connectivity index (χ1v) is 8.71. The molecule has 0 radical (unpaired) electrons. The molecule has 0 aliphatic heterocycles. The Morgan fingerprint density at radius 1 is 0.926 bits per heavy atom. The van der Waals surface area contributed by atoms with E-state index in [9.17, 15) is 4.79 Å². The van der Waals surface area contributed by atoms with Crippen LogP contribution in [0.5, 0.6) is 5.75 Å². The maximum absolute atomic E-state index is 12.2. The van der Waals surface area contributed by atoms with E-state index < -0.39 is 0 Å². The van der Waals surface area contributed by atoms with E-state index in [0.717, 1.165) is 22.3 Å². The molecule has 0 aliphatic carbocycles. The van der Waals surface area contributed by atoms with Crippen molar-refractivity contribution < 1.29 is 18.4 Å². The fourth-order valence-electron chi connectivity index (χ4n) is 2.82. The van der Waals surface area contributed by atoms with Gasteiger partial charge < -0.3 is 18.9 Å². The summed E-state index contributed by atoms with van der Waals surface area (Å²) in [6.07, 6.45) is 0. The summed E-state index contributed by atoms with van der Waals surface area (Å²) in [6, 6.07) is 21.1. The molecule has 0 saturated carbocycles. The van der Waals surface area contributed by atoms with E-state index in [-0.39, 0.29) is 18.3 Å². The molecule has 5 nitrogen and oxygen atoms in total. The second kappa shape index (κ2) is 7.41. The summed E-state index contributed by atoms with van der Waals surface area (Å²) in [5.41, 5.74) is 0. The average molecular weight is 361 g/mol. The highest BCUT2D eigenvalue weighted by Gasteiger charge is 2.12. The summed E-state index contributed by atoms with van der Waals surface area (Å²) in [4.78, 5) is 12.2. The van der Waals surface area contributed by atoms with E-state index in [1.165, 1.54) is 0 Å². The zero-order valence-corrected chi connectivity index (χ0v) is 14.9. The normalized spacial score (nSPS) is 10.9. The summed E-state index contributed by atoms with van der Waals surface area (Å²) in [7, 11) is 0. The average Bonchev–Trinajstić information content (AvgIpc) is 3.33. The predicted molar refractivity (Wildman–Crippen MR) is 102 cm³/mol. The molecule has 5 heteroatoms. The lowest BCUT2D eigenvalue weighted by molar-refractivity contribution is 0.0916. The van der Waals surface area contributed by atoms with E-state index in [2.05, 4.69) is 11.4 Å². The fourth-order valence-corrected chi connectivity index (χ4v) is 2.82. The molecule has 2 aromatic heterocycles. The summed E-state index contributed by atoms with van der Waals surface area (Å²) in [6.45, 7) is 2.43. The molecule has 0 spiro atoms. The number of aryl methyl sites for hydroxylation is 1. The van der Waals surface area contributed by atoms with Crippen molar-refractivity contribution in [2.24, 2.45) is 0 Å². The van der Waals surface area contributed by atoms with Crippen molar-refractivity contribution in [3.05, 3.63) is 89.8 Å². The lowest BCUT2D eigenvalue weighted by Gasteiger charge is -2.06. The van der Waals surface area contributed by atoms with Crippen molar-refractivity contribution in [1.29, 1.82) is 0 Å². The first kappa shape index (κ1) is 17.0. The monoisotopic (exact) mass is 361 g/mol. The standard InChI is InChI=1S/C22H19NO4/c1-15-6-8-19(26-15)13-23-22(24)21-11-10-20(27-21)14-25-18-9-7-16-4-2-3-5-17(16)12-18/h2-12H,13-14H2,1H3,(H,23,24). The number of ether oxygens (including phenoxy) is 1. The van der Waals surface area contributed by atoms with Gasteiger partial charge in [0.25, 0.3) is 5.91 Å². The smallest absolute Gasteiger partial charge is 0.287 e. The number of furan rings is 2. The first-order chi connectivity index (χ1) is 13.2. The van der Waals surface area contributed by atoms with Gasteiger partial charge >= 0.3 is 0 Å². The zero-order valence-electron chi connectivity index (χ0n) is 14.9. The van der Waals surface area contributed by atoms with Crippen molar-refractivity contribution >= 4 is 16.7 Å². The van der Waals surface area contributed by atoms with Crippen LogP contribution in [0.4, 0.5) is 0 Å². The second-order valence-electron chi connectivity index (χ2n) is 6.26. The number of amides is 1. The van der Waals surface area contributed by atoms with Crippen LogP contribution in [0.3, 0.4) is 0 Å². The summed E-state index contributed by atoms with van der Waals surface area (Å²) in [5, 5.41) is 5.04. The van der Waals surface area contributed by atoms with Crippen LogP contribution in [0.25, 0.3) is 10.8 Å². The van der Waals surface area contributed by atoms with E-state index in [1.54, 1.807) is 12.1 Å². The van der Waals surface area contributed by atoms with E-state index >= 15 is 0 Å². The maximum atomic E-state index is 12.2. The highest BCUT2D eigenvalue weighted by Crippen LogP contribution is 2.21. The fraction of sp³-hybridized carbons (Fsp3) is 0.136. The number of rotatable bonds is 6. The van der Waals surface area contributed by atoms with Gasteiger partial charge in [0, 0.05) is 0 Å². The predicted octanol–water partition coefficient (Wildman–Crippen LogP) is 4.84. The highest BCUT2D eigenvalue weighted by molar-refractivity contribution is 5.91. The van der Waals surface area contributed by atoms with Crippen LogP contribution in [0, 0.1) is 6.92 Å². The van der Waals surface area contributed by atoms with Crippen molar-refractivity contribution in [3.8, 4) is 5.75 Å². The van der Waals surface area contributed by atoms with E-state index in [4.69, 9.17) is 13.6 Å². The van der Waals surface area contributed by atoms with Crippen LogP contribution in [-0.4, -0.2) is 5.91 Å². The van der Waals surface area contributed by atoms with Gasteiger partial charge in [-0.2, -0.15) is 0 Å². The van der Waals surface area contributed by atoms with Gasteiger partial charge in [-0.3, -0.25) is 4.79 Å². The lowest BCUT2D eigenvalue weighted by atomic mass is 10.1. The molecule has 0 saturated heterocycles. The summed E-state index contributed by atoms with van der Waals surface area (Å²) >= 11 is 0. The Labute approximate surface area is 156 Å². The molecule has 4 rings (SSSR count). The molecule has 0 atom stereocenters. The molecular weight excluding hydrogens is 342 g/mol. The third kappa shape index (κ3) is 4.03. The number of carbonyl (C=O) groups is 1. The molecule has 27 heavy (non-hydrogen) atoms. The summed E-state index contributed by atoms with van der Waals surface area (Å²) < 4.78 is 16.8. The van der Waals surface area contributed by atoms with Gasteiger partial charge in [0.05, 0.1) is 6.54 Å². The zero-order chi connectivity index (χ0) is 18.6. The first-order valence-electron chi connectivity index (χ1n) is 8.71. The quantitative estimate of drug-likeness (QED) is 0.533. The number of carbonyl (C=O) groups excluding carboxylic acids is 1. The third-order valence-electron chi connectivity index (χ3n) is 4.21. The minimum absolute atomic E-state index is 0.246. The van der Waals surface area contributed by atoms with Gasteiger partial charge in [-0.05, 0) is 54.1 Å². The maximum Gasteiger partial charge on any atom is 0.287 e. The Balaban J connectivity index is 1.34. The molecule has 2 aromatic carbocycles. The second-order valence-corrected chi connectivity index (χ2v) is 6.26. The van der Waals surface area contributed by atoms with Crippen LogP contribution in [0.15, 0.2) is 75.6 Å². The largest absolute Gasteiger partial charge is 0.486 e. The molecule has 0 fully saturated rings. The van der Waals surface area contributed by atoms with Crippen LogP contribution in [0.1, 0.15) is 27.8 Å². The molecule has 136 valence electrons. The topological polar surface area (TPSA) is 64.6 Å². The minimum atomic E-state index is -0.291. The number of benzene rings is 2. The number of hydrogen-bond acceptors (Lipinski definition) is 4. The van der Waals surface area contributed by atoms with Gasteiger partial charge in [-0.1, -0.05) is 30.3 Å². The molecule has 4 aromatic rings. The molecule has 0 unspecified atom stereocenters. The SMILES string of the molecule is Cc1ccc(CNC(=O)c2ccc(COc3ccc4ccccc4c3)o2)o1. The molecule has 2 heterocycles. The Morgan fingerprint density at radius 3 is 2.56 bits per heavy atom. The van der Waals surface area contributed by atoms with Crippen LogP contribution in [0.2, 0.25) is 0 Å². The molecule has 0 aliphatic rings. The Bertz CT molecular complexity index is 1080. The molecular formula is C22H19NO4. The van der Waals surface area contributed by atoms with Gasteiger partial charge in [0.15, 0.2) is 5.76 Å². The summed E-state index contributed by atoms with van der Waals surface area (Å²) in [5.74, 6) is 2.81. The van der Waals surface area contributed by atoms with Gasteiger partial charge in [0.1, 0.15) is 29.6 Å². The lowest BCUT2D eigenvalue weighted by Crippen LogP contribution is -2.21. The molecule has 1 amide bonds. The van der Waals surface area contributed by atoms with Gasteiger partial charge in [0.2, 0.25) is 0 Å². The third-order valence-corrected chi connectivity index (χ3v) is 4.21. The van der Waals surface area contributed by atoms with Gasteiger partial charge in [-0.15, -0.1) is 0 Å². The number of nitrogens with one attached hydrogen (secondary N) is 1. The number of hydrogen-bond donors (Lipinski definition) is 1. The highest BCUT2D eigenvalue weighted by atomic mass is 16.5. The molecule has 1 N–H and O–H groups in total. The Morgan fingerprint density at radius 2 is 1.74 bits per heavy atom.